The van der Waals surface area contributed by atoms with Gasteiger partial charge in [0.1, 0.15) is 0 Å². The van der Waals surface area contributed by atoms with Crippen molar-refractivity contribution in [3.8, 4) is 0 Å². The highest BCUT2D eigenvalue weighted by Crippen LogP contribution is 2.20. The second kappa shape index (κ2) is 7.48. The number of thioether (sulfide) groups is 1. The van der Waals surface area contributed by atoms with Gasteiger partial charge in [0.05, 0.1) is 19.3 Å². The van der Waals surface area contributed by atoms with Crippen molar-refractivity contribution in [2.75, 3.05) is 12.4 Å². The van der Waals surface area contributed by atoms with Crippen molar-refractivity contribution in [3.05, 3.63) is 56.7 Å². The van der Waals surface area contributed by atoms with E-state index < -0.39 is 17.4 Å². The van der Waals surface area contributed by atoms with E-state index in [0.29, 0.717) is 16.3 Å². The van der Waals surface area contributed by atoms with Gasteiger partial charge in [-0.15, -0.1) is 0 Å². The molecule has 8 nitrogen and oxygen atoms in total. The molecule has 1 atom stereocenters. The highest BCUT2D eigenvalue weighted by Gasteiger charge is 2.19. The second-order valence-corrected chi connectivity index (χ2v) is 6.98. The molecule has 1 aromatic carbocycles. The summed E-state index contributed by atoms with van der Waals surface area (Å²) in [6, 6.07) is 9.30. The number of fused-ring (bicyclic) bond motifs is 1. The van der Waals surface area contributed by atoms with E-state index in [4.69, 9.17) is 5.11 Å². The van der Waals surface area contributed by atoms with Crippen LogP contribution in [-0.4, -0.2) is 47.4 Å². The maximum Gasteiger partial charge on any atom is 0.332 e. The minimum atomic E-state index is -0.877. The van der Waals surface area contributed by atoms with Crippen molar-refractivity contribution in [1.29, 1.82) is 0 Å². The fraction of sp³-hybridized carbons (Fsp3) is 0.353. The molecule has 9 heteroatoms. The van der Waals surface area contributed by atoms with Crippen LogP contribution in [0.15, 0.2) is 45.1 Å². The summed E-state index contributed by atoms with van der Waals surface area (Å²) in [5.74, 6) is 0.236. The number of aliphatic hydroxyl groups excluding tert-OH is 2. The summed E-state index contributed by atoms with van der Waals surface area (Å²) in [6.07, 6.45) is -0.877. The number of hydrogen-bond donors (Lipinski definition) is 2. The third kappa shape index (κ3) is 3.33. The standard InChI is InChI=1S/C17H20N4O4S/c1-19-13-14(18-16(19)26-10-12(23)9-22)20(2)17(25)21(15(13)24)8-11-6-4-3-5-7-11/h3-7,12,22-23H,8-10H2,1-2H3/t12-/m0/s1. The number of hydrogen-bond acceptors (Lipinski definition) is 6. The molecule has 0 radical (unpaired) electrons. The van der Waals surface area contributed by atoms with Gasteiger partial charge in [-0.2, -0.15) is 0 Å². The van der Waals surface area contributed by atoms with E-state index in [2.05, 4.69) is 4.98 Å². The fourth-order valence-corrected chi connectivity index (χ4v) is 3.56. The van der Waals surface area contributed by atoms with Crippen molar-refractivity contribution in [3.63, 3.8) is 0 Å². The number of rotatable bonds is 6. The molecule has 2 aromatic heterocycles. The lowest BCUT2D eigenvalue weighted by molar-refractivity contribution is 0.113. The Morgan fingerprint density at radius 1 is 1.15 bits per heavy atom. The molecule has 138 valence electrons. The quantitative estimate of drug-likeness (QED) is 0.584. The highest BCUT2D eigenvalue weighted by atomic mass is 32.2. The molecular weight excluding hydrogens is 356 g/mol. The van der Waals surface area contributed by atoms with Crippen molar-refractivity contribution < 1.29 is 10.2 Å². The van der Waals surface area contributed by atoms with Crippen LogP contribution in [0, 0.1) is 0 Å². The van der Waals surface area contributed by atoms with Crippen LogP contribution < -0.4 is 11.2 Å². The lowest BCUT2D eigenvalue weighted by Crippen LogP contribution is -2.39. The second-order valence-electron chi connectivity index (χ2n) is 5.99. The summed E-state index contributed by atoms with van der Waals surface area (Å²) >= 11 is 1.22. The lowest BCUT2D eigenvalue weighted by Gasteiger charge is -2.09. The fourth-order valence-electron chi connectivity index (χ4n) is 2.68. The Morgan fingerprint density at radius 2 is 1.85 bits per heavy atom. The maximum atomic E-state index is 12.9. The van der Waals surface area contributed by atoms with E-state index in [0.717, 1.165) is 5.56 Å². The average Bonchev–Trinajstić information content (AvgIpc) is 2.99. The lowest BCUT2D eigenvalue weighted by atomic mass is 10.2. The normalized spacial score (nSPS) is 12.6. The van der Waals surface area contributed by atoms with Crippen molar-refractivity contribution in [2.24, 2.45) is 14.1 Å². The number of benzene rings is 1. The topological polar surface area (TPSA) is 102 Å². The van der Waals surface area contributed by atoms with Gasteiger partial charge >= 0.3 is 5.69 Å². The summed E-state index contributed by atoms with van der Waals surface area (Å²) in [4.78, 5) is 29.9. The number of aliphatic hydroxyl groups is 2. The smallest absolute Gasteiger partial charge is 0.332 e. The molecule has 26 heavy (non-hydrogen) atoms. The number of nitrogens with zero attached hydrogens (tertiary/aromatic N) is 4. The van der Waals surface area contributed by atoms with Crippen LogP contribution in [-0.2, 0) is 20.6 Å². The maximum absolute atomic E-state index is 12.9. The van der Waals surface area contributed by atoms with Crippen LogP contribution in [0.1, 0.15) is 5.56 Å². The number of aromatic nitrogens is 4. The van der Waals surface area contributed by atoms with Crippen LogP contribution in [0.25, 0.3) is 11.2 Å². The zero-order valence-corrected chi connectivity index (χ0v) is 15.3. The molecule has 0 unspecified atom stereocenters. The Bertz CT molecular complexity index is 1040. The van der Waals surface area contributed by atoms with Crippen molar-refractivity contribution in [1.82, 2.24) is 18.7 Å². The van der Waals surface area contributed by atoms with E-state index in [1.807, 2.05) is 30.3 Å². The third-order valence-corrected chi connectivity index (χ3v) is 5.29. The first-order valence-electron chi connectivity index (χ1n) is 8.06. The van der Waals surface area contributed by atoms with E-state index >= 15 is 0 Å². The van der Waals surface area contributed by atoms with Crippen LogP contribution in [0.4, 0.5) is 0 Å². The molecule has 0 aliphatic carbocycles. The summed E-state index contributed by atoms with van der Waals surface area (Å²) < 4.78 is 4.16. The third-order valence-electron chi connectivity index (χ3n) is 4.12. The van der Waals surface area contributed by atoms with Crippen LogP contribution in [0.3, 0.4) is 0 Å². The van der Waals surface area contributed by atoms with Gasteiger partial charge < -0.3 is 14.8 Å². The van der Waals surface area contributed by atoms with E-state index in [1.54, 1.807) is 18.7 Å². The SMILES string of the molecule is Cn1c(SC[C@@H](O)CO)nc2c1c(=O)n(Cc1ccccc1)c(=O)n2C. The van der Waals surface area contributed by atoms with Gasteiger partial charge in [-0.05, 0) is 5.56 Å². The van der Waals surface area contributed by atoms with Crippen LogP contribution in [0.2, 0.25) is 0 Å². The monoisotopic (exact) mass is 376 g/mol. The van der Waals surface area contributed by atoms with Gasteiger partial charge in [0.15, 0.2) is 16.3 Å². The molecule has 0 aliphatic rings. The summed E-state index contributed by atoms with van der Waals surface area (Å²) in [5, 5.41) is 18.9. The average molecular weight is 376 g/mol. The highest BCUT2D eigenvalue weighted by molar-refractivity contribution is 7.99. The molecule has 0 saturated carbocycles. The molecule has 0 bridgehead atoms. The predicted molar refractivity (Wildman–Crippen MR) is 99.6 cm³/mol. The Morgan fingerprint density at radius 3 is 2.50 bits per heavy atom. The molecule has 0 saturated heterocycles. The summed E-state index contributed by atoms with van der Waals surface area (Å²) in [5.41, 5.74) is 0.638. The Hall–Kier alpha value is -2.36. The van der Waals surface area contributed by atoms with Gasteiger partial charge in [0, 0.05) is 19.8 Å². The van der Waals surface area contributed by atoms with E-state index in [9.17, 15) is 14.7 Å². The Balaban J connectivity index is 2.10. The van der Waals surface area contributed by atoms with Gasteiger partial charge in [-0.25, -0.2) is 9.78 Å². The van der Waals surface area contributed by atoms with Gasteiger partial charge in [-0.3, -0.25) is 13.9 Å². The zero-order chi connectivity index (χ0) is 18.8. The predicted octanol–water partition coefficient (Wildman–Crippen LogP) is -0.0727. The van der Waals surface area contributed by atoms with E-state index in [-0.39, 0.29) is 18.9 Å². The van der Waals surface area contributed by atoms with E-state index in [1.165, 1.54) is 20.9 Å². The van der Waals surface area contributed by atoms with Crippen molar-refractivity contribution >= 4 is 22.9 Å². The molecule has 2 N–H and O–H groups in total. The molecule has 2 heterocycles. The first-order chi connectivity index (χ1) is 12.4. The minimum absolute atomic E-state index is 0.180. The first-order valence-corrected chi connectivity index (χ1v) is 9.04. The number of aryl methyl sites for hydroxylation is 2. The zero-order valence-electron chi connectivity index (χ0n) is 14.5. The molecule has 0 amide bonds. The van der Waals surface area contributed by atoms with Gasteiger partial charge in [0.25, 0.3) is 5.56 Å². The minimum Gasteiger partial charge on any atom is -0.394 e. The van der Waals surface area contributed by atoms with Gasteiger partial charge in [-0.1, -0.05) is 42.1 Å². The summed E-state index contributed by atoms with van der Waals surface area (Å²) in [6.45, 7) is -0.168. The summed E-state index contributed by atoms with van der Waals surface area (Å²) in [7, 11) is 3.28. The first kappa shape index (κ1) is 18.4. The largest absolute Gasteiger partial charge is 0.394 e. The Labute approximate surface area is 153 Å². The molecule has 0 fully saturated rings. The van der Waals surface area contributed by atoms with Gasteiger partial charge in [0.2, 0.25) is 0 Å². The molecule has 3 aromatic rings. The van der Waals surface area contributed by atoms with Crippen LogP contribution >= 0.6 is 11.8 Å². The molecular formula is C17H20N4O4S. The molecule has 3 rings (SSSR count). The van der Waals surface area contributed by atoms with Crippen molar-refractivity contribution in [2.45, 2.75) is 17.8 Å². The Kier molecular flexibility index (Phi) is 5.30. The molecule has 0 aliphatic heterocycles. The van der Waals surface area contributed by atoms with Crippen LogP contribution in [0.5, 0.6) is 0 Å². The molecule has 0 spiro atoms. The number of imidazole rings is 1.